The van der Waals surface area contributed by atoms with Gasteiger partial charge in [0.25, 0.3) is 0 Å². The Morgan fingerprint density at radius 1 is 1.33 bits per heavy atom. The normalized spacial score (nSPS) is 11.3. The summed E-state index contributed by atoms with van der Waals surface area (Å²) in [5, 5.41) is 4.23. The van der Waals surface area contributed by atoms with Crippen LogP contribution in [0.5, 0.6) is 0 Å². The van der Waals surface area contributed by atoms with Crippen LogP contribution in [0.15, 0.2) is 12.1 Å². The third-order valence-corrected chi connectivity index (χ3v) is 4.13. The van der Waals surface area contributed by atoms with E-state index in [0.29, 0.717) is 9.49 Å². The molecule has 0 spiro atoms. The van der Waals surface area contributed by atoms with Crippen molar-refractivity contribution in [2.75, 3.05) is 12.4 Å². The van der Waals surface area contributed by atoms with Crippen molar-refractivity contribution in [1.29, 1.82) is 0 Å². The van der Waals surface area contributed by atoms with Gasteiger partial charge in [0.2, 0.25) is 0 Å². The van der Waals surface area contributed by atoms with Gasteiger partial charge in [0.05, 0.1) is 9.09 Å². The van der Waals surface area contributed by atoms with Crippen LogP contribution in [-0.2, 0) is 0 Å². The molecular formula is C14H16FIN2. The van der Waals surface area contributed by atoms with E-state index in [1.165, 1.54) is 11.6 Å². The summed E-state index contributed by atoms with van der Waals surface area (Å²) < 4.78 is 14.2. The summed E-state index contributed by atoms with van der Waals surface area (Å²) in [5.41, 5.74) is 3.96. The van der Waals surface area contributed by atoms with Gasteiger partial charge in [0, 0.05) is 23.8 Å². The Morgan fingerprint density at radius 2 is 2.00 bits per heavy atom. The largest absolute Gasteiger partial charge is 0.387 e. The summed E-state index contributed by atoms with van der Waals surface area (Å²) >= 11 is 2.02. The van der Waals surface area contributed by atoms with E-state index < -0.39 is 0 Å². The predicted molar refractivity (Wildman–Crippen MR) is 82.8 cm³/mol. The van der Waals surface area contributed by atoms with Crippen LogP contribution in [0.2, 0.25) is 0 Å². The summed E-state index contributed by atoms with van der Waals surface area (Å²) in [6.45, 7) is 6.27. The molecule has 0 saturated carbocycles. The van der Waals surface area contributed by atoms with Gasteiger partial charge >= 0.3 is 0 Å². The molecule has 0 bridgehead atoms. The highest BCUT2D eigenvalue weighted by atomic mass is 127. The van der Waals surface area contributed by atoms with Crippen LogP contribution >= 0.6 is 22.6 Å². The van der Waals surface area contributed by atoms with E-state index >= 15 is 0 Å². The maximum Gasteiger partial charge on any atom is 0.138 e. The smallest absolute Gasteiger partial charge is 0.138 e. The van der Waals surface area contributed by atoms with Gasteiger partial charge in [-0.1, -0.05) is 13.8 Å². The number of fused-ring (bicyclic) bond motifs is 1. The number of hydrogen-bond donors (Lipinski definition) is 1. The second kappa shape index (κ2) is 4.99. The molecule has 0 amide bonds. The standard InChI is InChI=1S/C14H16FIN2/c1-7(2)11-8(3)18-14-9(13(11)17-4)5-6-10(15)12(14)16/h5-7H,1-4H3,(H,17,18). The molecule has 1 heterocycles. The predicted octanol–water partition coefficient (Wildman–Crippen LogP) is 4.45. The molecule has 96 valence electrons. The van der Waals surface area contributed by atoms with E-state index in [1.807, 2.05) is 36.6 Å². The van der Waals surface area contributed by atoms with E-state index in [-0.39, 0.29) is 5.82 Å². The fraction of sp³-hybridized carbons (Fsp3) is 0.357. The van der Waals surface area contributed by atoms with Crippen LogP contribution in [0.25, 0.3) is 10.9 Å². The minimum Gasteiger partial charge on any atom is -0.387 e. The lowest BCUT2D eigenvalue weighted by atomic mass is 9.97. The van der Waals surface area contributed by atoms with E-state index in [1.54, 1.807) is 6.07 Å². The van der Waals surface area contributed by atoms with Crippen LogP contribution in [0, 0.1) is 16.3 Å². The van der Waals surface area contributed by atoms with Crippen molar-refractivity contribution in [3.63, 3.8) is 0 Å². The molecule has 18 heavy (non-hydrogen) atoms. The van der Waals surface area contributed by atoms with Gasteiger partial charge < -0.3 is 5.32 Å². The number of halogens is 2. The monoisotopic (exact) mass is 358 g/mol. The number of nitrogens with zero attached hydrogens (tertiary/aromatic N) is 1. The first-order valence-corrected chi connectivity index (χ1v) is 7.01. The molecule has 0 radical (unpaired) electrons. The molecule has 0 aliphatic rings. The van der Waals surface area contributed by atoms with Crippen molar-refractivity contribution in [3.05, 3.63) is 32.8 Å². The van der Waals surface area contributed by atoms with E-state index in [4.69, 9.17) is 0 Å². The third kappa shape index (κ3) is 2.06. The Bertz CT molecular complexity index is 609. The number of aryl methyl sites for hydroxylation is 1. The summed E-state index contributed by atoms with van der Waals surface area (Å²) in [7, 11) is 1.90. The molecule has 1 aromatic carbocycles. The van der Waals surface area contributed by atoms with E-state index in [9.17, 15) is 4.39 Å². The Kier molecular flexibility index (Phi) is 3.75. The molecular weight excluding hydrogens is 342 g/mol. The fourth-order valence-electron chi connectivity index (χ4n) is 2.38. The summed E-state index contributed by atoms with van der Waals surface area (Å²) in [5.74, 6) is 0.168. The molecule has 0 atom stereocenters. The van der Waals surface area contributed by atoms with Crippen molar-refractivity contribution < 1.29 is 4.39 Å². The van der Waals surface area contributed by atoms with Gasteiger partial charge in [-0.25, -0.2) is 4.39 Å². The topological polar surface area (TPSA) is 24.9 Å². The number of hydrogen-bond acceptors (Lipinski definition) is 2. The Labute approximate surface area is 120 Å². The van der Waals surface area contributed by atoms with Crippen molar-refractivity contribution in [3.8, 4) is 0 Å². The number of anilines is 1. The average molecular weight is 358 g/mol. The minimum atomic E-state index is -0.214. The molecule has 2 rings (SSSR count). The van der Waals surface area contributed by atoms with Crippen LogP contribution < -0.4 is 5.32 Å². The minimum absolute atomic E-state index is 0.214. The second-order valence-corrected chi connectivity index (χ2v) is 5.73. The van der Waals surface area contributed by atoms with Crippen molar-refractivity contribution >= 4 is 39.2 Å². The molecule has 2 nitrogen and oxygen atoms in total. The fourth-order valence-corrected chi connectivity index (χ4v) is 2.97. The molecule has 0 aliphatic carbocycles. The van der Waals surface area contributed by atoms with Crippen molar-refractivity contribution in [1.82, 2.24) is 4.98 Å². The number of benzene rings is 1. The Hall–Kier alpha value is -0.910. The van der Waals surface area contributed by atoms with E-state index in [0.717, 1.165) is 22.3 Å². The van der Waals surface area contributed by atoms with Gasteiger partial charge in [-0.15, -0.1) is 0 Å². The van der Waals surface area contributed by atoms with Gasteiger partial charge in [0.15, 0.2) is 0 Å². The van der Waals surface area contributed by atoms with Gasteiger partial charge in [0.1, 0.15) is 5.82 Å². The van der Waals surface area contributed by atoms with Gasteiger partial charge in [-0.05, 0) is 53.1 Å². The molecule has 0 saturated heterocycles. The first kappa shape index (κ1) is 13.5. The molecule has 4 heteroatoms. The average Bonchev–Trinajstić information content (AvgIpc) is 2.32. The highest BCUT2D eigenvalue weighted by molar-refractivity contribution is 14.1. The molecule has 0 aliphatic heterocycles. The van der Waals surface area contributed by atoms with E-state index in [2.05, 4.69) is 24.1 Å². The quantitative estimate of drug-likeness (QED) is 0.803. The zero-order chi connectivity index (χ0) is 13.4. The number of rotatable bonds is 2. The highest BCUT2D eigenvalue weighted by Crippen LogP contribution is 2.35. The molecule has 1 N–H and O–H groups in total. The number of nitrogens with one attached hydrogen (secondary N) is 1. The molecule has 1 aromatic heterocycles. The van der Waals surface area contributed by atoms with Crippen LogP contribution in [0.1, 0.15) is 31.0 Å². The van der Waals surface area contributed by atoms with Crippen LogP contribution in [0.3, 0.4) is 0 Å². The molecule has 2 aromatic rings. The summed E-state index contributed by atoms with van der Waals surface area (Å²) in [6.07, 6.45) is 0. The van der Waals surface area contributed by atoms with Crippen LogP contribution in [0.4, 0.5) is 10.1 Å². The maximum absolute atomic E-state index is 13.6. The summed E-state index contributed by atoms with van der Waals surface area (Å²) in [4.78, 5) is 4.58. The summed E-state index contributed by atoms with van der Waals surface area (Å²) in [6, 6.07) is 3.31. The third-order valence-electron chi connectivity index (χ3n) is 3.10. The van der Waals surface area contributed by atoms with Gasteiger partial charge in [-0.3, -0.25) is 4.98 Å². The second-order valence-electron chi connectivity index (χ2n) is 4.65. The number of aromatic nitrogens is 1. The van der Waals surface area contributed by atoms with Crippen molar-refractivity contribution in [2.24, 2.45) is 0 Å². The molecule has 0 unspecified atom stereocenters. The lowest BCUT2D eigenvalue weighted by Crippen LogP contribution is -2.05. The van der Waals surface area contributed by atoms with Crippen LogP contribution in [-0.4, -0.2) is 12.0 Å². The SMILES string of the molecule is CNc1c(C(C)C)c(C)nc2c(I)c(F)ccc12. The zero-order valence-corrected chi connectivity index (χ0v) is 13.1. The lowest BCUT2D eigenvalue weighted by Gasteiger charge is -2.18. The first-order chi connectivity index (χ1) is 8.47. The molecule has 0 fully saturated rings. The van der Waals surface area contributed by atoms with Gasteiger partial charge in [-0.2, -0.15) is 0 Å². The Balaban J connectivity index is 2.93. The number of pyridine rings is 1. The highest BCUT2D eigenvalue weighted by Gasteiger charge is 2.17. The first-order valence-electron chi connectivity index (χ1n) is 5.93. The zero-order valence-electron chi connectivity index (χ0n) is 10.9. The Morgan fingerprint density at radius 3 is 2.56 bits per heavy atom. The maximum atomic E-state index is 13.6. The van der Waals surface area contributed by atoms with Crippen molar-refractivity contribution in [2.45, 2.75) is 26.7 Å². The lowest BCUT2D eigenvalue weighted by molar-refractivity contribution is 0.622.